The summed E-state index contributed by atoms with van der Waals surface area (Å²) in [7, 11) is 0. The Morgan fingerprint density at radius 3 is 2.78 bits per heavy atom. The Kier molecular flexibility index (Phi) is 2.13. The molecule has 2 aromatic rings. The molecule has 1 aromatic carbocycles. The van der Waals surface area contributed by atoms with Crippen LogP contribution < -0.4 is 5.73 Å². The molecule has 0 saturated heterocycles. The van der Waals surface area contributed by atoms with Crippen LogP contribution in [0.2, 0.25) is 0 Å². The van der Waals surface area contributed by atoms with E-state index in [2.05, 4.69) is 23.2 Å². The Balaban J connectivity index is 1.88. The van der Waals surface area contributed by atoms with Crippen LogP contribution in [0, 0.1) is 0 Å². The van der Waals surface area contributed by atoms with Crippen molar-refractivity contribution in [1.29, 1.82) is 0 Å². The summed E-state index contributed by atoms with van der Waals surface area (Å²) in [6.07, 6.45) is 7.64. The Labute approximate surface area is 108 Å². The molecular weight excluding hydrogens is 220 g/mol. The first kappa shape index (κ1) is 10.6. The number of aromatic nitrogens is 1. The molecule has 0 bridgehead atoms. The van der Waals surface area contributed by atoms with Crippen LogP contribution in [0.3, 0.4) is 0 Å². The predicted octanol–water partition coefficient (Wildman–Crippen LogP) is 3.04. The number of aryl methyl sites for hydroxylation is 2. The number of nitrogens with one attached hydrogen (secondary N) is 1. The first-order valence-corrected chi connectivity index (χ1v) is 7.16. The van der Waals surface area contributed by atoms with Gasteiger partial charge in [0, 0.05) is 28.6 Å². The summed E-state index contributed by atoms with van der Waals surface area (Å²) in [6.45, 7) is 0.797. The molecule has 0 unspecified atom stereocenters. The molecule has 94 valence electrons. The Morgan fingerprint density at radius 2 is 2.06 bits per heavy atom. The molecule has 2 aliphatic rings. The van der Waals surface area contributed by atoms with Crippen LogP contribution in [-0.2, 0) is 18.3 Å². The average Bonchev–Trinajstić information content (AvgIpc) is 2.88. The van der Waals surface area contributed by atoms with E-state index < -0.39 is 0 Å². The van der Waals surface area contributed by atoms with E-state index in [1.54, 1.807) is 5.56 Å². The van der Waals surface area contributed by atoms with Crippen molar-refractivity contribution in [2.24, 2.45) is 5.73 Å². The highest BCUT2D eigenvalue weighted by atomic mass is 14.7. The van der Waals surface area contributed by atoms with Crippen LogP contribution in [-0.4, -0.2) is 11.5 Å². The molecule has 1 heterocycles. The molecule has 0 atom stereocenters. The molecular formula is C16H20N2. The Morgan fingerprint density at radius 1 is 1.17 bits per heavy atom. The number of rotatable bonds is 2. The lowest BCUT2D eigenvalue weighted by Crippen LogP contribution is -2.41. The third-order valence-electron chi connectivity index (χ3n) is 5.16. The van der Waals surface area contributed by atoms with Gasteiger partial charge in [0.25, 0.3) is 0 Å². The van der Waals surface area contributed by atoms with E-state index >= 15 is 0 Å². The lowest BCUT2D eigenvalue weighted by Gasteiger charge is -2.41. The normalized spacial score (nSPS) is 20.9. The topological polar surface area (TPSA) is 41.8 Å². The van der Waals surface area contributed by atoms with Gasteiger partial charge in [0.15, 0.2) is 0 Å². The van der Waals surface area contributed by atoms with Gasteiger partial charge in [0.2, 0.25) is 0 Å². The molecule has 0 spiro atoms. The van der Waals surface area contributed by atoms with Crippen molar-refractivity contribution in [3.05, 3.63) is 35.0 Å². The number of hydrogen-bond donors (Lipinski definition) is 2. The van der Waals surface area contributed by atoms with Crippen molar-refractivity contribution >= 4 is 10.9 Å². The third kappa shape index (κ3) is 1.27. The van der Waals surface area contributed by atoms with Crippen molar-refractivity contribution in [3.63, 3.8) is 0 Å². The van der Waals surface area contributed by atoms with Crippen molar-refractivity contribution in [2.75, 3.05) is 6.54 Å². The molecule has 2 aliphatic carbocycles. The quantitative estimate of drug-likeness (QED) is 0.832. The monoisotopic (exact) mass is 240 g/mol. The van der Waals surface area contributed by atoms with Gasteiger partial charge in [-0.2, -0.15) is 0 Å². The highest BCUT2D eigenvalue weighted by molar-refractivity contribution is 5.86. The van der Waals surface area contributed by atoms with E-state index in [4.69, 9.17) is 5.73 Å². The minimum atomic E-state index is 0.289. The largest absolute Gasteiger partial charge is 0.358 e. The fourth-order valence-electron chi connectivity index (χ4n) is 3.79. The van der Waals surface area contributed by atoms with Crippen LogP contribution in [0.15, 0.2) is 18.2 Å². The maximum Gasteiger partial charge on any atom is 0.0459 e. The van der Waals surface area contributed by atoms with Gasteiger partial charge in [-0.15, -0.1) is 0 Å². The number of hydrogen-bond acceptors (Lipinski definition) is 1. The third-order valence-corrected chi connectivity index (χ3v) is 5.16. The Bertz CT molecular complexity index is 599. The van der Waals surface area contributed by atoms with Crippen LogP contribution in [0.1, 0.15) is 42.5 Å². The molecule has 1 saturated carbocycles. The van der Waals surface area contributed by atoms with Crippen LogP contribution in [0.4, 0.5) is 0 Å². The minimum Gasteiger partial charge on any atom is -0.358 e. The van der Waals surface area contributed by atoms with Gasteiger partial charge in [-0.05, 0) is 55.4 Å². The van der Waals surface area contributed by atoms with Crippen LogP contribution >= 0.6 is 0 Å². The van der Waals surface area contributed by atoms with Crippen molar-refractivity contribution in [1.82, 2.24) is 4.98 Å². The fourth-order valence-corrected chi connectivity index (χ4v) is 3.79. The standard InChI is InChI=1S/C16H20N2/c17-10-16(7-2-8-16)11-5-6-15-13(9-11)12-3-1-4-14(12)18-15/h5-6,9,18H,1-4,7-8,10,17H2. The van der Waals surface area contributed by atoms with Gasteiger partial charge < -0.3 is 10.7 Å². The maximum absolute atomic E-state index is 6.03. The van der Waals surface area contributed by atoms with E-state index in [0.29, 0.717) is 0 Å². The molecule has 0 aliphatic heterocycles. The van der Waals surface area contributed by atoms with Crippen LogP contribution in [0.5, 0.6) is 0 Å². The molecule has 0 amide bonds. The summed E-state index contributed by atoms with van der Waals surface area (Å²) in [6, 6.07) is 6.97. The highest BCUT2D eigenvalue weighted by Crippen LogP contribution is 2.44. The summed E-state index contributed by atoms with van der Waals surface area (Å²) in [5, 5.41) is 1.46. The molecule has 18 heavy (non-hydrogen) atoms. The number of H-pyrrole nitrogens is 1. The molecule has 4 rings (SSSR count). The lowest BCUT2D eigenvalue weighted by atomic mass is 9.64. The Hall–Kier alpha value is -1.28. The van der Waals surface area contributed by atoms with Crippen molar-refractivity contribution in [2.45, 2.75) is 43.9 Å². The lowest BCUT2D eigenvalue weighted by molar-refractivity contribution is 0.253. The number of fused-ring (bicyclic) bond motifs is 3. The zero-order valence-electron chi connectivity index (χ0n) is 10.8. The second kappa shape index (κ2) is 3.61. The zero-order valence-corrected chi connectivity index (χ0v) is 10.8. The number of aromatic amines is 1. The maximum atomic E-state index is 6.03. The van der Waals surface area contributed by atoms with E-state index in [1.807, 2.05) is 0 Å². The summed E-state index contributed by atoms with van der Waals surface area (Å²) < 4.78 is 0. The highest BCUT2D eigenvalue weighted by Gasteiger charge is 2.37. The minimum absolute atomic E-state index is 0.289. The van der Waals surface area contributed by atoms with Gasteiger partial charge >= 0.3 is 0 Å². The SMILES string of the molecule is NCC1(c2ccc3[nH]c4c(c3c2)CCC4)CCC1. The van der Waals surface area contributed by atoms with Crippen molar-refractivity contribution < 1.29 is 0 Å². The van der Waals surface area contributed by atoms with Crippen molar-refractivity contribution in [3.8, 4) is 0 Å². The molecule has 1 aromatic heterocycles. The molecule has 3 N–H and O–H groups in total. The van der Waals surface area contributed by atoms with E-state index in [0.717, 1.165) is 6.54 Å². The van der Waals surface area contributed by atoms with E-state index in [-0.39, 0.29) is 5.41 Å². The van der Waals surface area contributed by atoms with E-state index in [1.165, 1.54) is 60.7 Å². The summed E-state index contributed by atoms with van der Waals surface area (Å²) in [4.78, 5) is 3.58. The van der Waals surface area contributed by atoms with Crippen LogP contribution in [0.25, 0.3) is 10.9 Å². The predicted molar refractivity (Wildman–Crippen MR) is 74.9 cm³/mol. The van der Waals surface area contributed by atoms with Gasteiger partial charge in [0.1, 0.15) is 0 Å². The molecule has 2 heteroatoms. The second-order valence-corrected chi connectivity index (χ2v) is 6.03. The smallest absolute Gasteiger partial charge is 0.0459 e. The summed E-state index contributed by atoms with van der Waals surface area (Å²) in [5.41, 5.74) is 12.1. The van der Waals surface area contributed by atoms with Gasteiger partial charge in [0.05, 0.1) is 0 Å². The fraction of sp³-hybridized carbons (Fsp3) is 0.500. The van der Waals surface area contributed by atoms with Gasteiger partial charge in [-0.25, -0.2) is 0 Å². The second-order valence-electron chi connectivity index (χ2n) is 6.03. The molecule has 0 radical (unpaired) electrons. The molecule has 1 fully saturated rings. The first-order valence-electron chi connectivity index (χ1n) is 7.16. The van der Waals surface area contributed by atoms with Gasteiger partial charge in [-0.1, -0.05) is 12.5 Å². The average molecular weight is 240 g/mol. The number of benzene rings is 1. The molecule has 2 nitrogen and oxygen atoms in total. The summed E-state index contributed by atoms with van der Waals surface area (Å²) >= 11 is 0. The first-order chi connectivity index (χ1) is 8.82. The number of nitrogens with two attached hydrogens (primary N) is 1. The van der Waals surface area contributed by atoms with E-state index in [9.17, 15) is 0 Å². The van der Waals surface area contributed by atoms with Gasteiger partial charge in [-0.3, -0.25) is 0 Å². The zero-order chi connectivity index (χ0) is 12.2. The summed E-state index contributed by atoms with van der Waals surface area (Å²) in [5.74, 6) is 0.